The third kappa shape index (κ3) is 3.43. The highest BCUT2D eigenvalue weighted by atomic mass is 16.2. The second kappa shape index (κ2) is 7.78. The van der Waals surface area contributed by atoms with Crippen molar-refractivity contribution in [1.29, 1.82) is 0 Å². The molecule has 3 heterocycles. The number of fused-ring (bicyclic) bond motifs is 1. The number of aryl methyl sites for hydroxylation is 2. The SMILES string of the molecule is CCc1nc2ccccc2n1C(C)C(=O)N1CCC(Cn2ccnc2C)CC1. The van der Waals surface area contributed by atoms with Crippen molar-refractivity contribution in [3.05, 3.63) is 48.3 Å². The number of imidazole rings is 2. The van der Waals surface area contributed by atoms with Crippen LogP contribution in [0.5, 0.6) is 0 Å². The lowest BCUT2D eigenvalue weighted by Crippen LogP contribution is -2.42. The van der Waals surface area contributed by atoms with Crippen LogP contribution in [-0.4, -0.2) is 43.0 Å². The van der Waals surface area contributed by atoms with Crippen molar-refractivity contribution < 1.29 is 4.79 Å². The molecule has 0 aliphatic carbocycles. The van der Waals surface area contributed by atoms with Crippen LogP contribution in [0.15, 0.2) is 36.7 Å². The first-order valence-corrected chi connectivity index (χ1v) is 10.3. The minimum absolute atomic E-state index is 0.204. The summed E-state index contributed by atoms with van der Waals surface area (Å²) in [5.41, 5.74) is 2.01. The molecule has 0 spiro atoms. The van der Waals surface area contributed by atoms with E-state index < -0.39 is 0 Å². The quantitative estimate of drug-likeness (QED) is 0.681. The van der Waals surface area contributed by atoms with Gasteiger partial charge in [-0.15, -0.1) is 0 Å². The molecule has 6 heteroatoms. The van der Waals surface area contributed by atoms with Crippen molar-refractivity contribution in [2.24, 2.45) is 5.92 Å². The molecule has 4 rings (SSSR count). The molecular weight excluding hydrogens is 350 g/mol. The third-order valence-corrected chi connectivity index (χ3v) is 6.03. The zero-order valence-electron chi connectivity index (χ0n) is 17.0. The minimum Gasteiger partial charge on any atom is -0.341 e. The maximum atomic E-state index is 13.2. The van der Waals surface area contributed by atoms with E-state index in [-0.39, 0.29) is 11.9 Å². The molecule has 0 N–H and O–H groups in total. The van der Waals surface area contributed by atoms with Gasteiger partial charge in [0, 0.05) is 38.4 Å². The van der Waals surface area contributed by atoms with Crippen molar-refractivity contribution in [1.82, 2.24) is 24.0 Å². The third-order valence-electron chi connectivity index (χ3n) is 6.03. The maximum absolute atomic E-state index is 13.2. The second-order valence-corrected chi connectivity index (χ2v) is 7.81. The van der Waals surface area contributed by atoms with E-state index in [1.165, 1.54) is 0 Å². The molecule has 1 saturated heterocycles. The second-order valence-electron chi connectivity index (χ2n) is 7.81. The first kappa shape index (κ1) is 18.7. The number of piperidine rings is 1. The van der Waals surface area contributed by atoms with Gasteiger partial charge in [-0.25, -0.2) is 9.97 Å². The van der Waals surface area contributed by atoms with E-state index in [1.54, 1.807) is 0 Å². The largest absolute Gasteiger partial charge is 0.341 e. The number of benzene rings is 1. The highest BCUT2D eigenvalue weighted by Gasteiger charge is 2.29. The van der Waals surface area contributed by atoms with Crippen molar-refractivity contribution in [2.75, 3.05) is 13.1 Å². The summed E-state index contributed by atoms with van der Waals surface area (Å²) in [6.45, 7) is 8.80. The normalized spacial score (nSPS) is 16.6. The van der Waals surface area contributed by atoms with E-state index in [9.17, 15) is 4.79 Å². The van der Waals surface area contributed by atoms with Gasteiger partial charge in [0.25, 0.3) is 0 Å². The predicted molar refractivity (Wildman–Crippen MR) is 110 cm³/mol. The summed E-state index contributed by atoms with van der Waals surface area (Å²) in [4.78, 5) is 24.3. The van der Waals surface area contributed by atoms with Gasteiger partial charge < -0.3 is 14.0 Å². The lowest BCUT2D eigenvalue weighted by Gasteiger charge is -2.34. The number of rotatable bonds is 5. The number of carbonyl (C=O) groups excluding carboxylic acids is 1. The molecule has 1 amide bonds. The molecule has 2 aromatic heterocycles. The molecule has 148 valence electrons. The van der Waals surface area contributed by atoms with Crippen molar-refractivity contribution in [3.63, 3.8) is 0 Å². The molecule has 0 saturated carbocycles. The first-order chi connectivity index (χ1) is 13.6. The van der Waals surface area contributed by atoms with E-state index in [4.69, 9.17) is 4.98 Å². The van der Waals surface area contributed by atoms with Crippen molar-refractivity contribution in [3.8, 4) is 0 Å². The smallest absolute Gasteiger partial charge is 0.245 e. The maximum Gasteiger partial charge on any atom is 0.245 e. The highest BCUT2D eigenvalue weighted by molar-refractivity contribution is 5.84. The molecule has 1 fully saturated rings. The zero-order valence-corrected chi connectivity index (χ0v) is 17.0. The fourth-order valence-corrected chi connectivity index (χ4v) is 4.36. The Balaban J connectivity index is 1.45. The van der Waals surface area contributed by atoms with Gasteiger partial charge in [-0.3, -0.25) is 4.79 Å². The molecule has 1 aliphatic heterocycles. The van der Waals surface area contributed by atoms with Gasteiger partial charge in [0.1, 0.15) is 17.7 Å². The van der Waals surface area contributed by atoms with Gasteiger partial charge in [-0.05, 0) is 44.7 Å². The Labute approximate surface area is 166 Å². The predicted octanol–water partition coefficient (Wildman–Crippen LogP) is 3.60. The van der Waals surface area contributed by atoms with Crippen LogP contribution in [0.2, 0.25) is 0 Å². The van der Waals surface area contributed by atoms with Crippen LogP contribution in [0.4, 0.5) is 0 Å². The van der Waals surface area contributed by atoms with Gasteiger partial charge in [-0.1, -0.05) is 19.1 Å². The Hall–Kier alpha value is -2.63. The molecule has 6 nitrogen and oxygen atoms in total. The van der Waals surface area contributed by atoms with Crippen LogP contribution in [0, 0.1) is 12.8 Å². The number of hydrogen-bond donors (Lipinski definition) is 0. The number of carbonyl (C=O) groups is 1. The van der Waals surface area contributed by atoms with Gasteiger partial charge in [0.2, 0.25) is 5.91 Å². The van der Waals surface area contributed by atoms with E-state index in [0.29, 0.717) is 5.92 Å². The summed E-state index contributed by atoms with van der Waals surface area (Å²) in [6, 6.07) is 7.87. The van der Waals surface area contributed by atoms with E-state index in [1.807, 2.05) is 49.3 Å². The number of nitrogens with zero attached hydrogens (tertiary/aromatic N) is 5. The number of para-hydroxylation sites is 2. The summed E-state index contributed by atoms with van der Waals surface area (Å²) >= 11 is 0. The molecule has 1 aliphatic rings. The van der Waals surface area contributed by atoms with Gasteiger partial charge >= 0.3 is 0 Å². The molecule has 1 atom stereocenters. The summed E-state index contributed by atoms with van der Waals surface area (Å²) in [5.74, 6) is 2.85. The van der Waals surface area contributed by atoms with Crippen LogP contribution < -0.4 is 0 Å². The van der Waals surface area contributed by atoms with Crippen molar-refractivity contribution in [2.45, 2.75) is 52.6 Å². The van der Waals surface area contributed by atoms with Crippen LogP contribution in [0.25, 0.3) is 11.0 Å². The number of amides is 1. The Morgan fingerprint density at radius 3 is 2.68 bits per heavy atom. The summed E-state index contributed by atoms with van der Waals surface area (Å²) in [7, 11) is 0. The van der Waals surface area contributed by atoms with E-state index in [0.717, 1.165) is 61.6 Å². The highest BCUT2D eigenvalue weighted by Crippen LogP contribution is 2.26. The molecule has 3 aromatic rings. The monoisotopic (exact) mass is 379 g/mol. The Bertz CT molecular complexity index is 964. The Morgan fingerprint density at radius 1 is 1.25 bits per heavy atom. The van der Waals surface area contributed by atoms with Gasteiger partial charge in [0.05, 0.1) is 11.0 Å². The molecule has 0 bridgehead atoms. The van der Waals surface area contributed by atoms with Crippen molar-refractivity contribution >= 4 is 16.9 Å². The van der Waals surface area contributed by atoms with E-state index >= 15 is 0 Å². The summed E-state index contributed by atoms with van der Waals surface area (Å²) in [5, 5.41) is 0. The average Bonchev–Trinajstić information content (AvgIpc) is 3.30. The molecule has 0 radical (unpaired) electrons. The standard InChI is InChI=1S/C22H29N5O/c1-4-21-24-19-7-5-6-8-20(19)27(21)16(2)22(28)25-12-9-18(10-13-25)15-26-14-11-23-17(26)3/h5-8,11,14,16,18H,4,9-10,12-13,15H2,1-3H3. The van der Waals surface area contributed by atoms with Crippen LogP contribution >= 0.6 is 0 Å². The van der Waals surface area contributed by atoms with Crippen LogP contribution in [0.3, 0.4) is 0 Å². The fraction of sp³-hybridized carbons (Fsp3) is 0.500. The molecule has 1 aromatic carbocycles. The Kier molecular flexibility index (Phi) is 5.20. The average molecular weight is 380 g/mol. The van der Waals surface area contributed by atoms with Crippen LogP contribution in [-0.2, 0) is 17.8 Å². The number of likely N-dealkylation sites (tertiary alicyclic amines) is 1. The minimum atomic E-state index is -0.227. The lowest BCUT2D eigenvalue weighted by atomic mass is 9.96. The van der Waals surface area contributed by atoms with Crippen LogP contribution in [0.1, 0.15) is 44.4 Å². The van der Waals surface area contributed by atoms with E-state index in [2.05, 4.69) is 27.1 Å². The molecular formula is C22H29N5O. The summed E-state index contributed by atoms with van der Waals surface area (Å²) in [6.07, 6.45) is 6.81. The lowest BCUT2D eigenvalue weighted by molar-refractivity contribution is -0.135. The summed E-state index contributed by atoms with van der Waals surface area (Å²) < 4.78 is 4.34. The van der Waals surface area contributed by atoms with Gasteiger partial charge in [-0.2, -0.15) is 0 Å². The first-order valence-electron chi connectivity index (χ1n) is 10.3. The zero-order chi connectivity index (χ0) is 19.7. The number of aromatic nitrogens is 4. The Morgan fingerprint density at radius 2 is 2.00 bits per heavy atom. The molecule has 28 heavy (non-hydrogen) atoms. The topological polar surface area (TPSA) is 56.0 Å². The number of hydrogen-bond acceptors (Lipinski definition) is 3. The van der Waals surface area contributed by atoms with Gasteiger partial charge in [0.15, 0.2) is 0 Å². The molecule has 1 unspecified atom stereocenters. The fourth-order valence-electron chi connectivity index (χ4n) is 4.36.